The number of aromatic nitrogens is 1. The van der Waals surface area contributed by atoms with Crippen LogP contribution in [0.4, 0.5) is 0 Å². The fourth-order valence-corrected chi connectivity index (χ4v) is 2.60. The standard InChI is InChI=1S/C14H6BrCl2NO3/c15-7-1-4-12-9(5-7)13(19)18(14(20)21-12)8-2-3-10(16)11(17)6-8/h1-6H. The van der Waals surface area contributed by atoms with E-state index in [1.165, 1.54) is 18.2 Å². The lowest BCUT2D eigenvalue weighted by atomic mass is 10.2. The van der Waals surface area contributed by atoms with Gasteiger partial charge in [0.15, 0.2) is 0 Å². The summed E-state index contributed by atoms with van der Waals surface area (Å²) in [5.41, 5.74) is 0.0375. The van der Waals surface area contributed by atoms with Gasteiger partial charge in [-0.3, -0.25) is 4.79 Å². The molecule has 1 heterocycles. The molecule has 0 aliphatic carbocycles. The molecule has 0 aliphatic heterocycles. The molecule has 1 aromatic heterocycles. The molecule has 0 spiro atoms. The summed E-state index contributed by atoms with van der Waals surface area (Å²) in [5.74, 6) is -0.784. The normalized spacial score (nSPS) is 11.0. The summed E-state index contributed by atoms with van der Waals surface area (Å²) >= 11 is 15.0. The van der Waals surface area contributed by atoms with Crippen molar-refractivity contribution in [3.05, 3.63) is 71.8 Å². The smallest absolute Gasteiger partial charge is 0.409 e. The topological polar surface area (TPSA) is 52.2 Å². The van der Waals surface area contributed by atoms with Gasteiger partial charge >= 0.3 is 5.76 Å². The third kappa shape index (κ3) is 2.52. The highest BCUT2D eigenvalue weighted by Crippen LogP contribution is 2.24. The van der Waals surface area contributed by atoms with Gasteiger partial charge in [0.2, 0.25) is 0 Å². The van der Waals surface area contributed by atoms with Gasteiger partial charge in [-0.15, -0.1) is 0 Å². The molecule has 3 aromatic rings. The molecule has 7 heteroatoms. The van der Waals surface area contributed by atoms with Crippen molar-refractivity contribution in [3.63, 3.8) is 0 Å². The van der Waals surface area contributed by atoms with Crippen LogP contribution in [0.3, 0.4) is 0 Å². The van der Waals surface area contributed by atoms with Crippen LogP contribution < -0.4 is 11.3 Å². The van der Waals surface area contributed by atoms with Crippen LogP contribution >= 0.6 is 39.1 Å². The maximum Gasteiger partial charge on any atom is 0.426 e. The van der Waals surface area contributed by atoms with Crippen molar-refractivity contribution in [3.8, 4) is 5.69 Å². The summed E-state index contributed by atoms with van der Waals surface area (Å²) in [6.07, 6.45) is 0. The van der Waals surface area contributed by atoms with Gasteiger partial charge in [-0.25, -0.2) is 9.36 Å². The highest BCUT2D eigenvalue weighted by atomic mass is 79.9. The predicted molar refractivity (Wildman–Crippen MR) is 85.8 cm³/mol. The number of hydrogen-bond donors (Lipinski definition) is 0. The van der Waals surface area contributed by atoms with E-state index in [2.05, 4.69) is 15.9 Å². The van der Waals surface area contributed by atoms with Gasteiger partial charge in [0, 0.05) is 4.47 Å². The van der Waals surface area contributed by atoms with E-state index in [9.17, 15) is 9.59 Å². The van der Waals surface area contributed by atoms with E-state index in [0.717, 1.165) is 4.57 Å². The van der Waals surface area contributed by atoms with Crippen LogP contribution in [0.15, 0.2) is 54.9 Å². The first-order valence-electron chi connectivity index (χ1n) is 5.78. The molecule has 0 radical (unpaired) electrons. The van der Waals surface area contributed by atoms with E-state index in [1.54, 1.807) is 18.2 Å². The van der Waals surface area contributed by atoms with Gasteiger partial charge in [-0.05, 0) is 36.4 Å². The quantitative estimate of drug-likeness (QED) is 0.634. The largest absolute Gasteiger partial charge is 0.426 e. The van der Waals surface area contributed by atoms with Gasteiger partial charge in [0.05, 0.1) is 21.1 Å². The van der Waals surface area contributed by atoms with Gasteiger partial charge in [-0.1, -0.05) is 39.1 Å². The van der Waals surface area contributed by atoms with Crippen LogP contribution in [0.5, 0.6) is 0 Å². The van der Waals surface area contributed by atoms with Crippen molar-refractivity contribution in [1.82, 2.24) is 4.57 Å². The van der Waals surface area contributed by atoms with E-state index in [1.807, 2.05) is 0 Å². The Morgan fingerprint density at radius 1 is 1.00 bits per heavy atom. The number of hydrogen-bond acceptors (Lipinski definition) is 3. The summed E-state index contributed by atoms with van der Waals surface area (Å²) in [5, 5.41) is 0.867. The molecule has 0 bridgehead atoms. The maximum atomic E-state index is 12.5. The van der Waals surface area contributed by atoms with E-state index in [-0.39, 0.29) is 16.0 Å². The van der Waals surface area contributed by atoms with E-state index < -0.39 is 11.3 Å². The Morgan fingerprint density at radius 3 is 2.48 bits per heavy atom. The summed E-state index contributed by atoms with van der Waals surface area (Å²) < 4.78 is 6.79. The molecular weight excluding hydrogens is 381 g/mol. The zero-order chi connectivity index (χ0) is 15.1. The first kappa shape index (κ1) is 14.4. The summed E-state index contributed by atoms with van der Waals surface area (Å²) in [4.78, 5) is 24.5. The molecule has 0 atom stereocenters. The fraction of sp³-hybridized carbons (Fsp3) is 0. The second-order valence-corrected chi connectivity index (χ2v) is 5.98. The summed E-state index contributed by atoms with van der Waals surface area (Å²) in [7, 11) is 0. The van der Waals surface area contributed by atoms with Crippen LogP contribution in [-0.4, -0.2) is 4.57 Å². The summed E-state index contributed by atoms with van der Waals surface area (Å²) in [6, 6.07) is 9.31. The van der Waals surface area contributed by atoms with E-state index in [4.69, 9.17) is 27.6 Å². The fourth-order valence-electron chi connectivity index (χ4n) is 1.95. The Hall–Kier alpha value is -1.56. The number of rotatable bonds is 1. The molecule has 0 unspecified atom stereocenters. The molecule has 4 nitrogen and oxygen atoms in total. The van der Waals surface area contributed by atoms with Crippen LogP contribution in [0.2, 0.25) is 10.0 Å². The van der Waals surface area contributed by atoms with Gasteiger partial charge < -0.3 is 4.42 Å². The van der Waals surface area contributed by atoms with Crippen LogP contribution in [0.25, 0.3) is 16.7 Å². The molecule has 0 fully saturated rings. The van der Waals surface area contributed by atoms with Gasteiger partial charge in [0.1, 0.15) is 5.58 Å². The minimum absolute atomic E-state index is 0.226. The lowest BCUT2D eigenvalue weighted by Crippen LogP contribution is -2.30. The van der Waals surface area contributed by atoms with Crippen molar-refractivity contribution in [1.29, 1.82) is 0 Å². The third-order valence-electron chi connectivity index (χ3n) is 2.92. The Bertz CT molecular complexity index is 978. The molecule has 0 saturated heterocycles. The molecule has 0 amide bonds. The second-order valence-electron chi connectivity index (χ2n) is 4.25. The second kappa shape index (κ2) is 5.33. The first-order valence-corrected chi connectivity index (χ1v) is 7.33. The highest BCUT2D eigenvalue weighted by Gasteiger charge is 2.12. The van der Waals surface area contributed by atoms with Gasteiger partial charge in [0.25, 0.3) is 5.56 Å². The average Bonchev–Trinajstić information content (AvgIpc) is 2.44. The van der Waals surface area contributed by atoms with Crippen molar-refractivity contribution in [2.45, 2.75) is 0 Å². The van der Waals surface area contributed by atoms with Crippen LogP contribution in [0, 0.1) is 0 Å². The molecular formula is C14H6BrCl2NO3. The molecule has 106 valence electrons. The zero-order valence-electron chi connectivity index (χ0n) is 10.3. The molecule has 2 aromatic carbocycles. The predicted octanol–water partition coefficient (Wildman–Crippen LogP) is 4.01. The number of halogens is 3. The molecule has 0 saturated carbocycles. The Kier molecular flexibility index (Phi) is 3.65. The monoisotopic (exact) mass is 385 g/mol. The maximum absolute atomic E-state index is 12.5. The third-order valence-corrected chi connectivity index (χ3v) is 4.15. The number of fused-ring (bicyclic) bond motifs is 1. The Labute approximate surface area is 136 Å². The number of nitrogens with zero attached hydrogens (tertiary/aromatic N) is 1. The van der Waals surface area contributed by atoms with Crippen molar-refractivity contribution < 1.29 is 4.42 Å². The lowest BCUT2D eigenvalue weighted by Gasteiger charge is -2.06. The first-order chi connectivity index (χ1) is 9.97. The van der Waals surface area contributed by atoms with Gasteiger partial charge in [-0.2, -0.15) is 0 Å². The Balaban J connectivity index is 2.39. The van der Waals surface area contributed by atoms with Crippen molar-refractivity contribution in [2.24, 2.45) is 0 Å². The van der Waals surface area contributed by atoms with E-state index >= 15 is 0 Å². The minimum atomic E-state index is -0.784. The SMILES string of the molecule is O=c1oc2ccc(Br)cc2c(=O)n1-c1ccc(Cl)c(Cl)c1. The molecule has 3 rings (SSSR count). The van der Waals surface area contributed by atoms with Crippen LogP contribution in [-0.2, 0) is 0 Å². The average molecular weight is 387 g/mol. The molecule has 0 N–H and O–H groups in total. The lowest BCUT2D eigenvalue weighted by molar-refractivity contribution is 0.504. The zero-order valence-corrected chi connectivity index (χ0v) is 13.4. The summed E-state index contributed by atoms with van der Waals surface area (Å²) in [6.45, 7) is 0. The minimum Gasteiger partial charge on any atom is -0.409 e. The highest BCUT2D eigenvalue weighted by molar-refractivity contribution is 9.10. The molecule has 0 aliphatic rings. The number of benzene rings is 2. The Morgan fingerprint density at radius 2 is 1.76 bits per heavy atom. The van der Waals surface area contributed by atoms with Crippen molar-refractivity contribution in [2.75, 3.05) is 0 Å². The van der Waals surface area contributed by atoms with E-state index in [0.29, 0.717) is 15.2 Å². The van der Waals surface area contributed by atoms with Crippen LogP contribution in [0.1, 0.15) is 0 Å². The van der Waals surface area contributed by atoms with Crippen molar-refractivity contribution >= 4 is 50.1 Å². The molecule has 21 heavy (non-hydrogen) atoms.